The highest BCUT2D eigenvalue weighted by molar-refractivity contribution is 5.78. The first-order chi connectivity index (χ1) is 8.24. The molecule has 0 spiro atoms. The summed E-state index contributed by atoms with van der Waals surface area (Å²) in [6.07, 6.45) is 6.00. The summed E-state index contributed by atoms with van der Waals surface area (Å²) in [5.41, 5.74) is 5.81. The Bertz CT molecular complexity index is 265. The van der Waals surface area contributed by atoms with Crippen LogP contribution in [0.15, 0.2) is 0 Å². The van der Waals surface area contributed by atoms with E-state index in [0.717, 1.165) is 25.9 Å². The van der Waals surface area contributed by atoms with Crippen LogP contribution in [0.25, 0.3) is 0 Å². The lowest BCUT2D eigenvalue weighted by molar-refractivity contribution is -0.123. The first kappa shape index (κ1) is 12.8. The summed E-state index contributed by atoms with van der Waals surface area (Å²) < 4.78 is 0. The lowest BCUT2D eigenvalue weighted by atomic mass is 10.0. The molecule has 0 heterocycles. The number of hydrogen-bond donors (Lipinski definition) is 2. The van der Waals surface area contributed by atoms with Gasteiger partial charge in [-0.3, -0.25) is 9.69 Å². The number of nitrogens with two attached hydrogens (primary N) is 1. The summed E-state index contributed by atoms with van der Waals surface area (Å²) in [5, 5.41) is 3.06. The van der Waals surface area contributed by atoms with Crippen molar-refractivity contribution in [2.75, 3.05) is 19.6 Å². The fraction of sp³-hybridized carbons (Fsp3) is 0.923. The van der Waals surface area contributed by atoms with Gasteiger partial charge in [0.05, 0.1) is 6.54 Å². The van der Waals surface area contributed by atoms with Crippen LogP contribution in [0, 0.1) is 5.92 Å². The number of nitrogens with zero attached hydrogens (tertiary/aromatic N) is 1. The third-order valence-electron chi connectivity index (χ3n) is 4.09. The highest BCUT2D eigenvalue weighted by Gasteiger charge is 2.32. The molecule has 1 amide bonds. The molecule has 4 heteroatoms. The zero-order valence-corrected chi connectivity index (χ0v) is 10.8. The highest BCUT2D eigenvalue weighted by Crippen LogP contribution is 2.29. The van der Waals surface area contributed by atoms with E-state index in [9.17, 15) is 4.79 Å². The van der Waals surface area contributed by atoms with Crippen molar-refractivity contribution in [3.8, 4) is 0 Å². The van der Waals surface area contributed by atoms with Gasteiger partial charge in [0, 0.05) is 12.1 Å². The summed E-state index contributed by atoms with van der Waals surface area (Å²) in [6.45, 7) is 4.38. The average molecular weight is 239 g/mol. The van der Waals surface area contributed by atoms with Crippen LogP contribution in [-0.2, 0) is 4.79 Å². The van der Waals surface area contributed by atoms with Crippen LogP contribution in [0.2, 0.25) is 0 Å². The van der Waals surface area contributed by atoms with Crippen molar-refractivity contribution in [1.82, 2.24) is 10.2 Å². The Morgan fingerprint density at radius 2 is 2.12 bits per heavy atom. The number of carbonyl (C=O) groups excluding carboxylic acids is 1. The van der Waals surface area contributed by atoms with Gasteiger partial charge in [-0.05, 0) is 44.7 Å². The minimum absolute atomic E-state index is 0.192. The van der Waals surface area contributed by atoms with Gasteiger partial charge in [-0.1, -0.05) is 13.3 Å². The molecule has 2 rings (SSSR count). The van der Waals surface area contributed by atoms with Crippen LogP contribution in [0.4, 0.5) is 0 Å². The molecule has 2 atom stereocenters. The first-order valence-corrected chi connectivity index (χ1v) is 6.98. The Morgan fingerprint density at radius 1 is 1.35 bits per heavy atom. The quantitative estimate of drug-likeness (QED) is 0.718. The fourth-order valence-electron chi connectivity index (χ4n) is 2.92. The number of nitrogens with one attached hydrogen (secondary N) is 1. The number of amides is 1. The largest absolute Gasteiger partial charge is 0.352 e. The SMILES string of the molecule is CCN(CC(=O)NC1CC1)C1CCCC1CN. The maximum Gasteiger partial charge on any atom is 0.234 e. The second-order valence-electron chi connectivity index (χ2n) is 5.40. The van der Waals surface area contributed by atoms with Crippen LogP contribution in [0.3, 0.4) is 0 Å². The minimum atomic E-state index is 0.192. The summed E-state index contributed by atoms with van der Waals surface area (Å²) in [4.78, 5) is 14.1. The summed E-state index contributed by atoms with van der Waals surface area (Å²) in [6, 6.07) is 0.991. The molecule has 3 N–H and O–H groups in total. The van der Waals surface area contributed by atoms with E-state index in [1.807, 2.05) is 0 Å². The average Bonchev–Trinajstić information content (AvgIpc) is 3.00. The predicted molar refractivity (Wildman–Crippen MR) is 68.6 cm³/mol. The van der Waals surface area contributed by atoms with Crippen molar-refractivity contribution in [1.29, 1.82) is 0 Å². The molecule has 2 saturated carbocycles. The third kappa shape index (κ3) is 3.42. The highest BCUT2D eigenvalue weighted by atomic mass is 16.2. The van der Waals surface area contributed by atoms with Crippen molar-refractivity contribution < 1.29 is 4.79 Å². The smallest absolute Gasteiger partial charge is 0.234 e. The van der Waals surface area contributed by atoms with Crippen LogP contribution in [0.1, 0.15) is 39.0 Å². The first-order valence-electron chi connectivity index (χ1n) is 6.98. The summed E-state index contributed by atoms with van der Waals surface area (Å²) in [5.74, 6) is 0.778. The Morgan fingerprint density at radius 3 is 2.71 bits per heavy atom. The van der Waals surface area contributed by atoms with E-state index in [1.165, 1.54) is 19.3 Å². The maximum absolute atomic E-state index is 11.8. The van der Waals surface area contributed by atoms with Gasteiger partial charge in [-0.15, -0.1) is 0 Å². The molecule has 2 aliphatic carbocycles. The van der Waals surface area contributed by atoms with Gasteiger partial charge in [0.1, 0.15) is 0 Å². The number of rotatable bonds is 6. The lowest BCUT2D eigenvalue weighted by Crippen LogP contribution is -2.46. The molecule has 0 aromatic heterocycles. The summed E-state index contributed by atoms with van der Waals surface area (Å²) >= 11 is 0. The van der Waals surface area contributed by atoms with E-state index in [1.54, 1.807) is 0 Å². The predicted octanol–water partition coefficient (Wildman–Crippen LogP) is 0.714. The standard InChI is InChI=1S/C13H25N3O/c1-2-16(9-13(17)15-11-6-7-11)12-5-3-4-10(12)8-14/h10-12H,2-9,14H2,1H3,(H,15,17). The van der Waals surface area contributed by atoms with E-state index in [4.69, 9.17) is 5.73 Å². The van der Waals surface area contributed by atoms with Gasteiger partial charge in [0.15, 0.2) is 0 Å². The zero-order chi connectivity index (χ0) is 12.3. The van der Waals surface area contributed by atoms with E-state index >= 15 is 0 Å². The molecule has 0 radical (unpaired) electrons. The van der Waals surface area contributed by atoms with Gasteiger partial charge < -0.3 is 11.1 Å². The molecule has 17 heavy (non-hydrogen) atoms. The molecule has 0 saturated heterocycles. The van der Waals surface area contributed by atoms with Crippen LogP contribution in [0.5, 0.6) is 0 Å². The van der Waals surface area contributed by atoms with Crippen molar-refractivity contribution in [3.63, 3.8) is 0 Å². The lowest BCUT2D eigenvalue weighted by Gasteiger charge is -2.31. The molecule has 2 aliphatic rings. The zero-order valence-electron chi connectivity index (χ0n) is 10.8. The second-order valence-corrected chi connectivity index (χ2v) is 5.40. The maximum atomic E-state index is 11.8. The minimum Gasteiger partial charge on any atom is -0.352 e. The topological polar surface area (TPSA) is 58.4 Å². The molecule has 2 unspecified atom stereocenters. The molecular weight excluding hydrogens is 214 g/mol. The van der Waals surface area contributed by atoms with Gasteiger partial charge in [-0.25, -0.2) is 0 Å². The van der Waals surface area contributed by atoms with E-state index in [0.29, 0.717) is 24.5 Å². The van der Waals surface area contributed by atoms with Crippen LogP contribution >= 0.6 is 0 Å². The van der Waals surface area contributed by atoms with E-state index in [-0.39, 0.29) is 5.91 Å². The normalized spacial score (nSPS) is 28.6. The third-order valence-corrected chi connectivity index (χ3v) is 4.09. The number of likely N-dealkylation sites (N-methyl/N-ethyl adjacent to an activating group) is 1. The van der Waals surface area contributed by atoms with Gasteiger partial charge in [-0.2, -0.15) is 0 Å². The fourth-order valence-corrected chi connectivity index (χ4v) is 2.92. The number of hydrogen-bond acceptors (Lipinski definition) is 3. The van der Waals surface area contributed by atoms with Crippen molar-refractivity contribution >= 4 is 5.91 Å². The van der Waals surface area contributed by atoms with Gasteiger partial charge >= 0.3 is 0 Å². The molecule has 0 bridgehead atoms. The Hall–Kier alpha value is -0.610. The van der Waals surface area contributed by atoms with E-state index in [2.05, 4.69) is 17.1 Å². The van der Waals surface area contributed by atoms with E-state index < -0.39 is 0 Å². The Kier molecular flexibility index (Phi) is 4.40. The van der Waals surface area contributed by atoms with Crippen LogP contribution in [-0.4, -0.2) is 42.5 Å². The molecule has 0 aromatic rings. The van der Waals surface area contributed by atoms with Crippen molar-refractivity contribution in [2.45, 2.75) is 51.1 Å². The van der Waals surface area contributed by atoms with Crippen molar-refractivity contribution in [3.05, 3.63) is 0 Å². The van der Waals surface area contributed by atoms with Crippen LogP contribution < -0.4 is 11.1 Å². The molecule has 2 fully saturated rings. The summed E-state index contributed by atoms with van der Waals surface area (Å²) in [7, 11) is 0. The van der Waals surface area contributed by atoms with Gasteiger partial charge in [0.2, 0.25) is 5.91 Å². The monoisotopic (exact) mass is 239 g/mol. The Labute approximate surface area is 104 Å². The van der Waals surface area contributed by atoms with Crippen molar-refractivity contribution in [2.24, 2.45) is 11.7 Å². The molecule has 4 nitrogen and oxygen atoms in total. The molecular formula is C13H25N3O. The number of carbonyl (C=O) groups is 1. The molecule has 0 aliphatic heterocycles. The molecule has 0 aromatic carbocycles. The van der Waals surface area contributed by atoms with Gasteiger partial charge in [0.25, 0.3) is 0 Å². The Balaban J connectivity index is 1.83. The molecule has 98 valence electrons. The second kappa shape index (κ2) is 5.83.